The van der Waals surface area contributed by atoms with Crippen LogP contribution in [-0.2, 0) is 0 Å². The molecule has 46 heavy (non-hydrogen) atoms. The van der Waals surface area contributed by atoms with Crippen molar-refractivity contribution in [3.63, 3.8) is 0 Å². The van der Waals surface area contributed by atoms with Crippen LogP contribution in [0, 0.1) is 0 Å². The number of hydrogen-bond acceptors (Lipinski definition) is 4. The lowest BCUT2D eigenvalue weighted by Crippen LogP contribution is -2.00. The zero-order chi connectivity index (χ0) is 30.7. The second kappa shape index (κ2) is 12.0. The van der Waals surface area contributed by atoms with E-state index in [1.807, 2.05) is 18.3 Å². The molecule has 0 aliphatic heterocycles. The lowest BCUT2D eigenvalue weighted by atomic mass is 9.99. The third kappa shape index (κ3) is 5.56. The highest BCUT2D eigenvalue weighted by Gasteiger charge is 2.14. The van der Waals surface area contributed by atoms with E-state index in [1.165, 1.54) is 10.9 Å². The van der Waals surface area contributed by atoms with E-state index >= 15 is 0 Å². The fraction of sp³-hybridized carbons (Fsp3) is 0. The summed E-state index contributed by atoms with van der Waals surface area (Å²) in [5, 5.41) is 2.33. The minimum atomic E-state index is 0.635. The number of rotatable bonds is 6. The normalized spacial score (nSPS) is 11.0. The summed E-state index contributed by atoms with van der Waals surface area (Å²) in [4.78, 5) is 19.3. The van der Waals surface area contributed by atoms with Gasteiger partial charge in [0.2, 0.25) is 0 Å². The van der Waals surface area contributed by atoms with E-state index in [4.69, 9.17) is 15.0 Å². The summed E-state index contributed by atoms with van der Waals surface area (Å²) in [5.41, 5.74) is 9.63. The van der Waals surface area contributed by atoms with Gasteiger partial charge >= 0.3 is 0 Å². The van der Waals surface area contributed by atoms with Crippen molar-refractivity contribution in [2.45, 2.75) is 0 Å². The van der Waals surface area contributed by atoms with Crippen LogP contribution in [0.25, 0.3) is 78.3 Å². The SMILES string of the molecule is c1ccc(-c2ccc(-c3nc(-c4ccc(-c5cccc(-c6cccnc6)c5)cc4)nc(-c4ccc5ccccc5c4)n3)cc2)cc1. The van der Waals surface area contributed by atoms with Gasteiger partial charge in [0.05, 0.1) is 0 Å². The van der Waals surface area contributed by atoms with Crippen LogP contribution in [0.1, 0.15) is 0 Å². The molecule has 2 aromatic heterocycles. The number of nitrogens with zero attached hydrogens (tertiary/aromatic N) is 4. The Morgan fingerprint density at radius 2 is 0.761 bits per heavy atom. The average Bonchev–Trinajstić information content (AvgIpc) is 3.15. The lowest BCUT2D eigenvalue weighted by molar-refractivity contribution is 1.07. The van der Waals surface area contributed by atoms with Crippen LogP contribution < -0.4 is 0 Å². The van der Waals surface area contributed by atoms with Gasteiger partial charge in [-0.1, -0.05) is 140 Å². The van der Waals surface area contributed by atoms with E-state index in [-0.39, 0.29) is 0 Å². The topological polar surface area (TPSA) is 51.6 Å². The van der Waals surface area contributed by atoms with E-state index < -0.39 is 0 Å². The molecule has 0 aliphatic carbocycles. The minimum absolute atomic E-state index is 0.635. The quantitative estimate of drug-likeness (QED) is 0.194. The Kier molecular flexibility index (Phi) is 7.14. The van der Waals surface area contributed by atoms with Crippen molar-refractivity contribution in [1.29, 1.82) is 0 Å². The lowest BCUT2D eigenvalue weighted by Gasteiger charge is -2.11. The van der Waals surface area contributed by atoms with Gasteiger partial charge in [0, 0.05) is 34.6 Å². The van der Waals surface area contributed by atoms with Crippen molar-refractivity contribution in [3.05, 3.63) is 170 Å². The molecule has 0 N–H and O–H groups in total. The first-order valence-corrected chi connectivity index (χ1v) is 15.3. The summed E-state index contributed by atoms with van der Waals surface area (Å²) in [6.45, 7) is 0. The summed E-state index contributed by atoms with van der Waals surface area (Å²) < 4.78 is 0. The molecule has 0 amide bonds. The zero-order valence-electron chi connectivity index (χ0n) is 25.0. The molecule has 0 radical (unpaired) electrons. The predicted octanol–water partition coefficient (Wildman–Crippen LogP) is 10.4. The van der Waals surface area contributed by atoms with Crippen molar-refractivity contribution in [3.8, 4) is 67.5 Å². The highest BCUT2D eigenvalue weighted by Crippen LogP contribution is 2.31. The smallest absolute Gasteiger partial charge is 0.164 e. The first-order valence-electron chi connectivity index (χ1n) is 15.3. The molecule has 8 rings (SSSR count). The molecule has 0 saturated heterocycles. The van der Waals surface area contributed by atoms with E-state index in [1.54, 1.807) is 6.20 Å². The van der Waals surface area contributed by atoms with E-state index in [0.29, 0.717) is 17.5 Å². The summed E-state index contributed by atoms with van der Waals surface area (Å²) in [6.07, 6.45) is 3.69. The van der Waals surface area contributed by atoms with Gasteiger partial charge in [-0.05, 0) is 56.8 Å². The molecule has 4 heteroatoms. The van der Waals surface area contributed by atoms with Gasteiger partial charge in [0.15, 0.2) is 17.5 Å². The molecule has 4 nitrogen and oxygen atoms in total. The Balaban J connectivity index is 1.19. The Labute approximate surface area is 267 Å². The summed E-state index contributed by atoms with van der Waals surface area (Å²) in [6, 6.07) is 54.5. The third-order valence-corrected chi connectivity index (χ3v) is 8.23. The van der Waals surface area contributed by atoms with Crippen LogP contribution in [-0.4, -0.2) is 19.9 Å². The van der Waals surface area contributed by atoms with E-state index in [2.05, 4.69) is 151 Å². The van der Waals surface area contributed by atoms with Gasteiger partial charge in [-0.15, -0.1) is 0 Å². The Bertz CT molecular complexity index is 2280. The third-order valence-electron chi connectivity index (χ3n) is 8.23. The monoisotopic (exact) mass is 588 g/mol. The van der Waals surface area contributed by atoms with Crippen molar-refractivity contribution in [1.82, 2.24) is 19.9 Å². The molecule has 0 atom stereocenters. The predicted molar refractivity (Wildman–Crippen MR) is 188 cm³/mol. The van der Waals surface area contributed by atoms with Gasteiger partial charge in [0.25, 0.3) is 0 Å². The molecule has 0 spiro atoms. The maximum Gasteiger partial charge on any atom is 0.164 e. The number of benzene rings is 6. The number of fused-ring (bicyclic) bond motifs is 1. The molecule has 0 saturated carbocycles. The van der Waals surface area contributed by atoms with E-state index in [9.17, 15) is 0 Å². The van der Waals surface area contributed by atoms with Gasteiger partial charge in [-0.2, -0.15) is 0 Å². The standard InChI is InChI=1S/C42H28N4/c1-2-8-29(9-3-1)31-15-20-33(21-16-31)40-44-41(46-42(45-40)38-24-19-30-10-4-5-11-35(30)27-38)34-22-17-32(18-23-34)36-12-6-13-37(26-36)39-14-7-25-43-28-39/h1-28H. The molecule has 0 bridgehead atoms. The Morgan fingerprint density at radius 3 is 1.41 bits per heavy atom. The molecule has 2 heterocycles. The van der Waals surface area contributed by atoms with Crippen molar-refractivity contribution in [2.75, 3.05) is 0 Å². The summed E-state index contributed by atoms with van der Waals surface area (Å²) >= 11 is 0. The van der Waals surface area contributed by atoms with Crippen molar-refractivity contribution < 1.29 is 0 Å². The Morgan fingerprint density at radius 1 is 0.283 bits per heavy atom. The van der Waals surface area contributed by atoms with Crippen LogP contribution in [0.5, 0.6) is 0 Å². The molecule has 6 aromatic carbocycles. The van der Waals surface area contributed by atoms with Gasteiger partial charge in [0.1, 0.15) is 0 Å². The molecule has 0 fully saturated rings. The molecule has 0 unspecified atom stereocenters. The number of pyridine rings is 1. The van der Waals surface area contributed by atoms with Crippen LogP contribution >= 0.6 is 0 Å². The second-order valence-corrected chi connectivity index (χ2v) is 11.2. The first kappa shape index (κ1) is 27.3. The maximum absolute atomic E-state index is 5.00. The fourth-order valence-corrected chi connectivity index (χ4v) is 5.76. The molecular formula is C42H28N4. The molecule has 216 valence electrons. The number of aromatic nitrogens is 4. The highest BCUT2D eigenvalue weighted by atomic mass is 15.0. The first-order chi connectivity index (χ1) is 22.8. The number of hydrogen-bond donors (Lipinski definition) is 0. The van der Waals surface area contributed by atoms with Gasteiger partial charge in [-0.3, -0.25) is 4.98 Å². The minimum Gasteiger partial charge on any atom is -0.264 e. The van der Waals surface area contributed by atoms with Crippen LogP contribution in [0.4, 0.5) is 0 Å². The Hall–Kier alpha value is -6.26. The van der Waals surface area contributed by atoms with Gasteiger partial charge < -0.3 is 0 Å². The van der Waals surface area contributed by atoms with Crippen LogP contribution in [0.2, 0.25) is 0 Å². The second-order valence-electron chi connectivity index (χ2n) is 11.2. The van der Waals surface area contributed by atoms with Crippen LogP contribution in [0.15, 0.2) is 170 Å². The maximum atomic E-state index is 5.00. The average molecular weight is 589 g/mol. The fourth-order valence-electron chi connectivity index (χ4n) is 5.76. The molecule has 8 aromatic rings. The van der Waals surface area contributed by atoms with Crippen molar-refractivity contribution >= 4 is 10.8 Å². The van der Waals surface area contributed by atoms with Crippen LogP contribution in [0.3, 0.4) is 0 Å². The summed E-state index contributed by atoms with van der Waals surface area (Å²) in [7, 11) is 0. The zero-order valence-corrected chi connectivity index (χ0v) is 25.0. The van der Waals surface area contributed by atoms with Crippen molar-refractivity contribution in [2.24, 2.45) is 0 Å². The van der Waals surface area contributed by atoms with Gasteiger partial charge in [-0.25, -0.2) is 15.0 Å². The van der Waals surface area contributed by atoms with E-state index in [0.717, 1.165) is 49.9 Å². The largest absolute Gasteiger partial charge is 0.264 e. The highest BCUT2D eigenvalue weighted by molar-refractivity contribution is 5.86. The summed E-state index contributed by atoms with van der Waals surface area (Å²) in [5.74, 6) is 1.92. The molecule has 0 aliphatic rings. The molecular weight excluding hydrogens is 560 g/mol.